The lowest BCUT2D eigenvalue weighted by molar-refractivity contribution is 0.429. The molecule has 2 atom stereocenters. The molecule has 0 aromatic heterocycles. The van der Waals surface area contributed by atoms with E-state index < -0.39 is 0 Å². The number of halogens is 1. The normalized spacial score (nSPS) is 14.8. The Labute approximate surface area is 104 Å². The maximum Gasteiger partial charge on any atom is 0.0263 e. The van der Waals surface area contributed by atoms with Crippen molar-refractivity contribution in [3.8, 4) is 0 Å². The summed E-state index contributed by atoms with van der Waals surface area (Å²) in [4.78, 5) is 0. The SMILES string of the molecule is Cc1cccc(C)c1CNC(C)C(C)CCl. The Morgan fingerprint density at radius 3 is 2.25 bits per heavy atom. The zero-order chi connectivity index (χ0) is 12.1. The van der Waals surface area contributed by atoms with Gasteiger partial charge in [-0.25, -0.2) is 0 Å². The molecule has 1 N–H and O–H groups in total. The Kier molecular flexibility index (Phi) is 5.30. The zero-order valence-electron chi connectivity index (χ0n) is 10.7. The summed E-state index contributed by atoms with van der Waals surface area (Å²) in [7, 11) is 0. The molecule has 0 radical (unpaired) electrons. The Morgan fingerprint density at radius 1 is 1.19 bits per heavy atom. The molecule has 90 valence electrons. The van der Waals surface area contributed by atoms with Gasteiger partial charge in [0.25, 0.3) is 0 Å². The van der Waals surface area contributed by atoms with Crippen LogP contribution in [0.15, 0.2) is 18.2 Å². The van der Waals surface area contributed by atoms with Gasteiger partial charge in [-0.15, -0.1) is 11.6 Å². The van der Waals surface area contributed by atoms with Crippen molar-refractivity contribution in [3.63, 3.8) is 0 Å². The van der Waals surface area contributed by atoms with E-state index in [9.17, 15) is 0 Å². The fourth-order valence-corrected chi connectivity index (χ4v) is 1.99. The highest BCUT2D eigenvalue weighted by Crippen LogP contribution is 2.14. The smallest absolute Gasteiger partial charge is 0.0263 e. The van der Waals surface area contributed by atoms with Crippen molar-refractivity contribution in [1.82, 2.24) is 5.32 Å². The predicted molar refractivity (Wildman–Crippen MR) is 72.1 cm³/mol. The molecule has 0 aliphatic rings. The lowest BCUT2D eigenvalue weighted by Crippen LogP contribution is -2.32. The molecule has 0 saturated heterocycles. The molecule has 1 aromatic carbocycles. The second-order valence-electron chi connectivity index (χ2n) is 4.67. The Morgan fingerprint density at radius 2 is 1.75 bits per heavy atom. The van der Waals surface area contributed by atoms with Crippen molar-refractivity contribution < 1.29 is 0 Å². The molecular formula is C14H22ClN. The van der Waals surface area contributed by atoms with Gasteiger partial charge in [-0.05, 0) is 43.4 Å². The number of hydrogen-bond donors (Lipinski definition) is 1. The minimum atomic E-state index is 0.455. The van der Waals surface area contributed by atoms with Gasteiger partial charge in [0.15, 0.2) is 0 Å². The van der Waals surface area contributed by atoms with Gasteiger partial charge >= 0.3 is 0 Å². The molecule has 2 unspecified atom stereocenters. The topological polar surface area (TPSA) is 12.0 Å². The molecule has 0 fully saturated rings. The van der Waals surface area contributed by atoms with Gasteiger partial charge < -0.3 is 5.32 Å². The summed E-state index contributed by atoms with van der Waals surface area (Å²) in [6, 6.07) is 6.90. The lowest BCUT2D eigenvalue weighted by atomic mass is 10.0. The van der Waals surface area contributed by atoms with Gasteiger partial charge in [0.1, 0.15) is 0 Å². The first-order valence-electron chi connectivity index (χ1n) is 5.90. The Bertz CT molecular complexity index is 315. The fraction of sp³-hybridized carbons (Fsp3) is 0.571. The third-order valence-electron chi connectivity index (χ3n) is 3.34. The van der Waals surface area contributed by atoms with Gasteiger partial charge in [-0.1, -0.05) is 25.1 Å². The summed E-state index contributed by atoms with van der Waals surface area (Å²) >= 11 is 5.85. The van der Waals surface area contributed by atoms with Crippen molar-refractivity contribution in [2.45, 2.75) is 40.3 Å². The van der Waals surface area contributed by atoms with Crippen LogP contribution in [0.2, 0.25) is 0 Å². The fourth-order valence-electron chi connectivity index (χ4n) is 1.73. The maximum absolute atomic E-state index is 5.85. The van der Waals surface area contributed by atoms with Gasteiger partial charge in [0, 0.05) is 18.5 Å². The van der Waals surface area contributed by atoms with E-state index in [0.29, 0.717) is 17.8 Å². The number of rotatable bonds is 5. The molecule has 0 heterocycles. The third kappa shape index (κ3) is 3.50. The summed E-state index contributed by atoms with van der Waals surface area (Å²) in [5.74, 6) is 1.21. The van der Waals surface area contributed by atoms with Crippen molar-refractivity contribution in [2.75, 3.05) is 5.88 Å². The molecule has 0 aliphatic heterocycles. The van der Waals surface area contributed by atoms with E-state index in [1.807, 2.05) is 0 Å². The highest BCUT2D eigenvalue weighted by Gasteiger charge is 2.11. The predicted octanol–water partition coefficient (Wildman–Crippen LogP) is 3.66. The number of alkyl halides is 1. The summed E-state index contributed by atoms with van der Waals surface area (Å²) in [5.41, 5.74) is 4.13. The molecule has 0 spiro atoms. The first-order chi connectivity index (χ1) is 7.56. The number of hydrogen-bond acceptors (Lipinski definition) is 1. The molecule has 1 aromatic rings. The molecule has 1 nitrogen and oxygen atoms in total. The van der Waals surface area contributed by atoms with Gasteiger partial charge in [0.05, 0.1) is 0 Å². The number of aryl methyl sites for hydroxylation is 2. The Hall–Kier alpha value is -0.530. The largest absolute Gasteiger partial charge is 0.310 e. The minimum absolute atomic E-state index is 0.455. The van der Waals surface area contributed by atoms with Crippen LogP contribution in [-0.2, 0) is 6.54 Å². The van der Waals surface area contributed by atoms with Crippen LogP contribution in [0.5, 0.6) is 0 Å². The van der Waals surface area contributed by atoms with Crippen LogP contribution in [0.3, 0.4) is 0 Å². The first kappa shape index (κ1) is 13.5. The average Bonchev–Trinajstić information content (AvgIpc) is 2.27. The highest BCUT2D eigenvalue weighted by molar-refractivity contribution is 6.18. The van der Waals surface area contributed by atoms with Gasteiger partial charge in [-0.3, -0.25) is 0 Å². The van der Waals surface area contributed by atoms with Crippen molar-refractivity contribution in [1.29, 1.82) is 0 Å². The van der Waals surface area contributed by atoms with Crippen LogP contribution in [0, 0.1) is 19.8 Å². The highest BCUT2D eigenvalue weighted by atomic mass is 35.5. The number of benzene rings is 1. The number of nitrogens with one attached hydrogen (secondary N) is 1. The molecule has 0 amide bonds. The van der Waals surface area contributed by atoms with Crippen LogP contribution < -0.4 is 5.32 Å². The van der Waals surface area contributed by atoms with E-state index >= 15 is 0 Å². The van der Waals surface area contributed by atoms with E-state index in [4.69, 9.17) is 11.6 Å². The van der Waals surface area contributed by atoms with Crippen LogP contribution in [0.4, 0.5) is 0 Å². The first-order valence-corrected chi connectivity index (χ1v) is 6.44. The monoisotopic (exact) mass is 239 g/mol. The second-order valence-corrected chi connectivity index (χ2v) is 4.98. The standard InChI is InChI=1S/C14H22ClN/c1-10-6-5-7-11(2)14(10)9-16-13(4)12(3)8-15/h5-7,12-13,16H,8-9H2,1-4H3. The van der Waals surface area contributed by atoms with Gasteiger partial charge in [0.2, 0.25) is 0 Å². The van der Waals surface area contributed by atoms with E-state index in [0.717, 1.165) is 6.54 Å². The van der Waals surface area contributed by atoms with Crippen LogP contribution in [-0.4, -0.2) is 11.9 Å². The lowest BCUT2D eigenvalue weighted by Gasteiger charge is -2.20. The molecular weight excluding hydrogens is 218 g/mol. The second kappa shape index (κ2) is 6.27. The molecule has 0 bridgehead atoms. The van der Waals surface area contributed by atoms with Crippen LogP contribution >= 0.6 is 11.6 Å². The van der Waals surface area contributed by atoms with Crippen LogP contribution in [0.1, 0.15) is 30.5 Å². The summed E-state index contributed by atoms with van der Waals surface area (Å²) in [6.07, 6.45) is 0. The molecule has 16 heavy (non-hydrogen) atoms. The van der Waals surface area contributed by atoms with E-state index in [1.165, 1.54) is 16.7 Å². The van der Waals surface area contributed by atoms with Gasteiger partial charge in [-0.2, -0.15) is 0 Å². The van der Waals surface area contributed by atoms with E-state index in [-0.39, 0.29) is 0 Å². The summed E-state index contributed by atoms with van der Waals surface area (Å²) < 4.78 is 0. The van der Waals surface area contributed by atoms with Crippen molar-refractivity contribution >= 4 is 11.6 Å². The van der Waals surface area contributed by atoms with Crippen molar-refractivity contribution in [3.05, 3.63) is 34.9 Å². The van der Waals surface area contributed by atoms with Crippen molar-refractivity contribution in [2.24, 2.45) is 5.92 Å². The summed E-state index contributed by atoms with van der Waals surface area (Å²) in [6.45, 7) is 9.64. The van der Waals surface area contributed by atoms with E-state index in [1.54, 1.807) is 0 Å². The van der Waals surface area contributed by atoms with E-state index in [2.05, 4.69) is 51.2 Å². The average molecular weight is 240 g/mol. The molecule has 1 rings (SSSR count). The molecule has 2 heteroatoms. The quantitative estimate of drug-likeness (QED) is 0.774. The molecule has 0 aliphatic carbocycles. The molecule has 0 saturated carbocycles. The Balaban J connectivity index is 2.61. The zero-order valence-corrected chi connectivity index (χ0v) is 11.4. The maximum atomic E-state index is 5.85. The van der Waals surface area contributed by atoms with Crippen LogP contribution in [0.25, 0.3) is 0 Å². The minimum Gasteiger partial charge on any atom is -0.310 e. The summed E-state index contributed by atoms with van der Waals surface area (Å²) in [5, 5.41) is 3.55. The third-order valence-corrected chi connectivity index (χ3v) is 3.83.